The van der Waals surface area contributed by atoms with Gasteiger partial charge in [0.25, 0.3) is 11.5 Å². The van der Waals surface area contributed by atoms with E-state index in [4.69, 9.17) is 11.5 Å². The lowest BCUT2D eigenvalue weighted by molar-refractivity contribution is -0.139. The molecule has 1 amide bonds. The zero-order chi connectivity index (χ0) is 19.9. The molecule has 1 aromatic rings. The molecule has 1 aromatic heterocycles. The van der Waals surface area contributed by atoms with Crippen LogP contribution in [0.5, 0.6) is 0 Å². The summed E-state index contributed by atoms with van der Waals surface area (Å²) in [6, 6.07) is 1.94. The number of aromatic nitrogens is 1. The highest BCUT2D eigenvalue weighted by atomic mass is 16.4. The van der Waals surface area contributed by atoms with E-state index in [1.54, 1.807) is 6.07 Å². The van der Waals surface area contributed by atoms with Gasteiger partial charge < -0.3 is 26.9 Å². The van der Waals surface area contributed by atoms with Crippen LogP contribution < -0.4 is 22.3 Å². The number of pyridine rings is 1. The molecule has 1 rings (SSSR count). The normalized spacial score (nSPS) is 12.3. The van der Waals surface area contributed by atoms with Gasteiger partial charge in [-0.1, -0.05) is 20.8 Å². The number of H-pyrrole nitrogens is 1. The fraction of sp³-hybridized carbons (Fsp3) is 0.529. The standard InChI is InChI=1S/C17H27N5O4/c1-17(2,3)9-10-6-7-11(13(23)21-10)14(24)22-12(15(25)26)5-4-8-20-16(18)19/h6-7,12H,4-5,8-9H2,1-3H3,(H,21,23)(H,22,24)(H,25,26)(H4,18,19,20)/t12-/m0/s1. The summed E-state index contributed by atoms with van der Waals surface area (Å²) in [5.41, 5.74) is 10.4. The van der Waals surface area contributed by atoms with Gasteiger partial charge in [-0.25, -0.2) is 4.79 Å². The minimum atomic E-state index is -1.19. The van der Waals surface area contributed by atoms with Crippen molar-refractivity contribution in [1.29, 1.82) is 0 Å². The lowest BCUT2D eigenvalue weighted by Gasteiger charge is -2.18. The summed E-state index contributed by atoms with van der Waals surface area (Å²) in [5.74, 6) is -2.01. The number of nitrogens with one attached hydrogen (secondary N) is 2. The van der Waals surface area contributed by atoms with E-state index in [9.17, 15) is 19.5 Å². The second-order valence-electron chi connectivity index (χ2n) is 7.28. The Hall–Kier alpha value is -2.84. The molecule has 9 nitrogen and oxygen atoms in total. The van der Waals surface area contributed by atoms with E-state index in [-0.39, 0.29) is 29.9 Å². The summed E-state index contributed by atoms with van der Waals surface area (Å²) in [7, 11) is 0. The van der Waals surface area contributed by atoms with Crippen molar-refractivity contribution in [2.75, 3.05) is 6.54 Å². The third-order valence-electron chi connectivity index (χ3n) is 3.48. The molecule has 0 aromatic carbocycles. The number of rotatable bonds is 8. The first-order valence-corrected chi connectivity index (χ1v) is 8.31. The zero-order valence-corrected chi connectivity index (χ0v) is 15.3. The third-order valence-corrected chi connectivity index (χ3v) is 3.48. The van der Waals surface area contributed by atoms with Crippen molar-refractivity contribution in [1.82, 2.24) is 10.3 Å². The molecule has 0 unspecified atom stereocenters. The van der Waals surface area contributed by atoms with Crippen LogP contribution in [0.4, 0.5) is 0 Å². The summed E-state index contributed by atoms with van der Waals surface area (Å²) < 4.78 is 0. The summed E-state index contributed by atoms with van der Waals surface area (Å²) in [5, 5.41) is 11.6. The lowest BCUT2D eigenvalue weighted by Crippen LogP contribution is -2.42. The van der Waals surface area contributed by atoms with E-state index in [0.717, 1.165) is 0 Å². The summed E-state index contributed by atoms with van der Waals surface area (Å²) >= 11 is 0. The molecule has 144 valence electrons. The molecule has 0 saturated carbocycles. The Morgan fingerprint density at radius 2 is 1.96 bits per heavy atom. The predicted octanol–water partition coefficient (Wildman–Crippen LogP) is 0.200. The van der Waals surface area contributed by atoms with Crippen LogP contribution in [0.15, 0.2) is 21.9 Å². The first-order chi connectivity index (χ1) is 12.0. The number of carboxylic acid groups (broad SMARTS) is 1. The molecule has 0 radical (unpaired) electrons. The Bertz CT molecular complexity index is 729. The van der Waals surface area contributed by atoms with Crippen molar-refractivity contribution in [3.05, 3.63) is 33.7 Å². The Balaban J connectivity index is 2.79. The molecule has 0 saturated heterocycles. The van der Waals surface area contributed by atoms with Crippen molar-refractivity contribution < 1.29 is 14.7 Å². The average molecular weight is 365 g/mol. The van der Waals surface area contributed by atoms with Crippen LogP contribution in [0, 0.1) is 5.41 Å². The molecular formula is C17H27N5O4. The zero-order valence-electron chi connectivity index (χ0n) is 15.3. The van der Waals surface area contributed by atoms with E-state index in [2.05, 4.69) is 15.3 Å². The minimum absolute atomic E-state index is 0.0173. The highest BCUT2D eigenvalue weighted by molar-refractivity contribution is 5.96. The molecule has 0 fully saturated rings. The van der Waals surface area contributed by atoms with Crippen molar-refractivity contribution in [2.24, 2.45) is 21.9 Å². The number of carbonyl (C=O) groups excluding carboxylic acids is 1. The van der Waals surface area contributed by atoms with Crippen LogP contribution in [-0.2, 0) is 11.2 Å². The Labute approximate surface area is 151 Å². The van der Waals surface area contributed by atoms with Gasteiger partial charge in [0.2, 0.25) is 0 Å². The van der Waals surface area contributed by atoms with Crippen molar-refractivity contribution >= 4 is 17.8 Å². The van der Waals surface area contributed by atoms with Crippen molar-refractivity contribution in [2.45, 2.75) is 46.1 Å². The van der Waals surface area contributed by atoms with E-state index in [1.807, 2.05) is 20.8 Å². The largest absolute Gasteiger partial charge is 0.480 e. The second-order valence-corrected chi connectivity index (χ2v) is 7.28. The van der Waals surface area contributed by atoms with Crippen LogP contribution in [0.3, 0.4) is 0 Å². The van der Waals surface area contributed by atoms with Crippen LogP contribution in [0.25, 0.3) is 0 Å². The van der Waals surface area contributed by atoms with E-state index in [0.29, 0.717) is 18.5 Å². The topological polar surface area (TPSA) is 164 Å². The number of hydrogen-bond acceptors (Lipinski definition) is 4. The SMILES string of the molecule is CC(C)(C)Cc1ccc(C(=O)N[C@@H](CCCN=C(N)N)C(=O)O)c(=O)[nH]1. The molecule has 26 heavy (non-hydrogen) atoms. The third kappa shape index (κ3) is 7.37. The molecule has 0 aliphatic carbocycles. The summed E-state index contributed by atoms with van der Waals surface area (Å²) in [6.45, 7) is 6.35. The Morgan fingerprint density at radius 1 is 1.31 bits per heavy atom. The molecule has 0 aliphatic rings. The number of hydrogen-bond donors (Lipinski definition) is 5. The van der Waals surface area contributed by atoms with Gasteiger partial charge in [0.15, 0.2) is 5.96 Å². The van der Waals surface area contributed by atoms with Gasteiger partial charge in [0, 0.05) is 12.2 Å². The van der Waals surface area contributed by atoms with Crippen LogP contribution in [0.1, 0.15) is 49.7 Å². The number of nitrogens with two attached hydrogens (primary N) is 2. The van der Waals surface area contributed by atoms with Gasteiger partial charge in [-0.2, -0.15) is 0 Å². The first-order valence-electron chi connectivity index (χ1n) is 8.31. The molecule has 1 atom stereocenters. The Morgan fingerprint density at radius 3 is 2.46 bits per heavy atom. The van der Waals surface area contributed by atoms with Gasteiger partial charge in [-0.05, 0) is 36.8 Å². The maximum Gasteiger partial charge on any atom is 0.326 e. The minimum Gasteiger partial charge on any atom is -0.480 e. The van der Waals surface area contributed by atoms with Gasteiger partial charge in [0.05, 0.1) is 0 Å². The van der Waals surface area contributed by atoms with Gasteiger partial charge in [0.1, 0.15) is 11.6 Å². The molecule has 7 N–H and O–H groups in total. The smallest absolute Gasteiger partial charge is 0.326 e. The van der Waals surface area contributed by atoms with E-state index >= 15 is 0 Å². The maximum absolute atomic E-state index is 12.3. The molecule has 0 spiro atoms. The molecular weight excluding hydrogens is 338 g/mol. The monoisotopic (exact) mass is 365 g/mol. The number of amides is 1. The molecule has 9 heteroatoms. The van der Waals surface area contributed by atoms with Crippen LogP contribution in [-0.4, -0.2) is 40.5 Å². The first kappa shape index (κ1) is 21.2. The molecule has 0 aliphatic heterocycles. The van der Waals surface area contributed by atoms with Gasteiger partial charge >= 0.3 is 5.97 Å². The van der Waals surface area contributed by atoms with Crippen molar-refractivity contribution in [3.63, 3.8) is 0 Å². The quantitative estimate of drug-likeness (QED) is 0.251. The number of carboxylic acids is 1. The van der Waals surface area contributed by atoms with Gasteiger partial charge in [-0.3, -0.25) is 14.6 Å². The number of guanidine groups is 1. The number of carbonyl (C=O) groups is 2. The maximum atomic E-state index is 12.3. The molecule has 0 bridgehead atoms. The summed E-state index contributed by atoms with van der Waals surface area (Å²) in [6.07, 6.45) is 1.15. The van der Waals surface area contributed by atoms with Gasteiger partial charge in [-0.15, -0.1) is 0 Å². The van der Waals surface area contributed by atoms with Crippen LogP contribution >= 0.6 is 0 Å². The van der Waals surface area contributed by atoms with Crippen LogP contribution in [0.2, 0.25) is 0 Å². The average Bonchev–Trinajstić information content (AvgIpc) is 2.48. The second kappa shape index (κ2) is 9.02. The van der Waals surface area contributed by atoms with E-state index < -0.39 is 23.5 Å². The molecule has 1 heterocycles. The number of aliphatic carboxylic acids is 1. The number of nitrogens with zero attached hydrogens (tertiary/aromatic N) is 1. The lowest BCUT2D eigenvalue weighted by atomic mass is 9.90. The summed E-state index contributed by atoms with van der Waals surface area (Å²) in [4.78, 5) is 42.1. The highest BCUT2D eigenvalue weighted by Gasteiger charge is 2.22. The van der Waals surface area contributed by atoms with Crippen molar-refractivity contribution in [3.8, 4) is 0 Å². The number of aliphatic imine (C=N–C) groups is 1. The van der Waals surface area contributed by atoms with E-state index in [1.165, 1.54) is 6.07 Å². The fourth-order valence-corrected chi connectivity index (χ4v) is 2.36. The predicted molar refractivity (Wildman–Crippen MR) is 99.0 cm³/mol. The fourth-order valence-electron chi connectivity index (χ4n) is 2.36. The highest BCUT2D eigenvalue weighted by Crippen LogP contribution is 2.18. The number of aromatic amines is 1. The Kier molecular flexibility index (Phi) is 7.36.